The van der Waals surface area contributed by atoms with Gasteiger partial charge in [-0.05, 0) is 94.5 Å². The molecule has 1 heterocycles. The molecule has 0 atom stereocenters. The van der Waals surface area contributed by atoms with Gasteiger partial charge in [0.25, 0.3) is 0 Å². The zero-order valence-electron chi connectivity index (χ0n) is 27.6. The molecule has 0 aliphatic carbocycles. The van der Waals surface area contributed by atoms with Gasteiger partial charge in [0.05, 0.1) is 22.8 Å². The van der Waals surface area contributed by atoms with Crippen LogP contribution in [0.25, 0.3) is 48.6 Å². The van der Waals surface area contributed by atoms with Crippen molar-refractivity contribution in [1.82, 2.24) is 9.97 Å². The predicted molar refractivity (Wildman–Crippen MR) is 201 cm³/mol. The zero-order valence-corrected chi connectivity index (χ0v) is 27.6. The zero-order chi connectivity index (χ0) is 32.1. The number of nitrogens with zero attached hydrogens (tertiary/aromatic N) is 2. The van der Waals surface area contributed by atoms with Crippen LogP contribution in [0.1, 0.15) is 95.0 Å². The fraction of sp³-hybridized carbons (Fsp3) is 0.182. The van der Waals surface area contributed by atoms with Crippen LogP contribution in [0, 0.1) is 0 Å². The lowest BCUT2D eigenvalue weighted by Crippen LogP contribution is -2.00. The summed E-state index contributed by atoms with van der Waals surface area (Å²) in [5.41, 5.74) is 13.4. The average Bonchev–Trinajstić information content (AvgIpc) is 3.12. The Bertz CT molecular complexity index is 1610. The standard InChI is InChI=1S/C44H44N2/c1-5-33-17-9-13-21-37(33)25-29-41-42(30-26-38-22-14-10-18-34(38)6-2)46-44(32-28-40-24-16-12-20-36(40)8-4)43(45-41)31-27-39-23-15-11-19-35(39)7-3/h9-32H,5-8H2,1-4H3. The van der Waals surface area contributed by atoms with E-state index in [1.165, 1.54) is 44.5 Å². The lowest BCUT2D eigenvalue weighted by atomic mass is 10.0. The van der Waals surface area contributed by atoms with Crippen molar-refractivity contribution in [3.63, 3.8) is 0 Å². The van der Waals surface area contributed by atoms with Gasteiger partial charge in [0.15, 0.2) is 0 Å². The van der Waals surface area contributed by atoms with Crippen LogP contribution in [-0.2, 0) is 25.7 Å². The van der Waals surface area contributed by atoms with E-state index < -0.39 is 0 Å². The molecule has 5 aromatic rings. The lowest BCUT2D eigenvalue weighted by Gasteiger charge is -2.09. The van der Waals surface area contributed by atoms with E-state index in [0.717, 1.165) is 48.5 Å². The molecular formula is C44H44N2. The molecule has 1 aromatic heterocycles. The Morgan fingerprint density at radius 1 is 0.326 bits per heavy atom. The van der Waals surface area contributed by atoms with E-state index >= 15 is 0 Å². The molecule has 0 fully saturated rings. The summed E-state index contributed by atoms with van der Waals surface area (Å²) in [6, 6.07) is 34.2. The van der Waals surface area contributed by atoms with Crippen LogP contribution in [0.15, 0.2) is 97.1 Å². The summed E-state index contributed by atoms with van der Waals surface area (Å²) in [5, 5.41) is 0. The molecule has 0 amide bonds. The van der Waals surface area contributed by atoms with Crippen molar-refractivity contribution in [3.8, 4) is 0 Å². The molecular weight excluding hydrogens is 556 g/mol. The van der Waals surface area contributed by atoms with Crippen LogP contribution in [0.4, 0.5) is 0 Å². The van der Waals surface area contributed by atoms with Crippen LogP contribution in [0.3, 0.4) is 0 Å². The van der Waals surface area contributed by atoms with Crippen LogP contribution in [0.5, 0.6) is 0 Å². The Balaban J connectivity index is 1.68. The molecule has 0 radical (unpaired) electrons. The average molecular weight is 601 g/mol. The van der Waals surface area contributed by atoms with Gasteiger partial charge in [-0.15, -0.1) is 0 Å². The summed E-state index contributed by atoms with van der Waals surface area (Å²) < 4.78 is 0. The Morgan fingerprint density at radius 3 is 0.761 bits per heavy atom. The van der Waals surface area contributed by atoms with Crippen molar-refractivity contribution in [2.45, 2.75) is 53.4 Å². The highest BCUT2D eigenvalue weighted by atomic mass is 14.8. The van der Waals surface area contributed by atoms with E-state index in [0.29, 0.717) is 0 Å². The molecule has 5 rings (SSSR count). The second-order valence-electron chi connectivity index (χ2n) is 11.3. The van der Waals surface area contributed by atoms with Gasteiger partial charge in [0, 0.05) is 0 Å². The second kappa shape index (κ2) is 16.3. The summed E-state index contributed by atoms with van der Waals surface area (Å²) in [6.45, 7) is 8.78. The lowest BCUT2D eigenvalue weighted by molar-refractivity contribution is 1.12. The first-order valence-corrected chi connectivity index (χ1v) is 16.6. The van der Waals surface area contributed by atoms with Crippen molar-refractivity contribution in [3.05, 3.63) is 164 Å². The quantitative estimate of drug-likeness (QED) is 0.142. The maximum atomic E-state index is 5.28. The third kappa shape index (κ3) is 8.14. The summed E-state index contributed by atoms with van der Waals surface area (Å²) in [7, 11) is 0. The van der Waals surface area contributed by atoms with Crippen molar-refractivity contribution >= 4 is 48.6 Å². The Hall–Kier alpha value is -5.08. The van der Waals surface area contributed by atoms with Gasteiger partial charge >= 0.3 is 0 Å². The van der Waals surface area contributed by atoms with Gasteiger partial charge in [-0.3, -0.25) is 0 Å². The van der Waals surface area contributed by atoms with Crippen LogP contribution in [-0.4, -0.2) is 9.97 Å². The molecule has 0 aliphatic heterocycles. The van der Waals surface area contributed by atoms with Crippen LogP contribution < -0.4 is 0 Å². The maximum Gasteiger partial charge on any atom is 0.0894 e. The Morgan fingerprint density at radius 2 is 0.543 bits per heavy atom. The highest BCUT2D eigenvalue weighted by Gasteiger charge is 2.10. The number of hydrogen-bond acceptors (Lipinski definition) is 2. The fourth-order valence-corrected chi connectivity index (χ4v) is 5.73. The number of rotatable bonds is 12. The maximum absolute atomic E-state index is 5.28. The molecule has 2 nitrogen and oxygen atoms in total. The number of aryl methyl sites for hydroxylation is 4. The smallest absolute Gasteiger partial charge is 0.0894 e. The number of aromatic nitrogens is 2. The highest BCUT2D eigenvalue weighted by Crippen LogP contribution is 2.23. The molecule has 0 unspecified atom stereocenters. The normalized spacial score (nSPS) is 11.9. The molecule has 0 aliphatic rings. The molecule has 4 aromatic carbocycles. The minimum Gasteiger partial charge on any atom is -0.245 e. The van der Waals surface area contributed by atoms with Crippen molar-refractivity contribution in [2.24, 2.45) is 0 Å². The molecule has 230 valence electrons. The SMILES string of the molecule is CCc1ccccc1C=Cc1nc(C=Cc2ccccc2CC)c(C=Cc2ccccc2CC)nc1C=Cc1ccccc1CC. The van der Waals surface area contributed by atoms with Gasteiger partial charge in [-0.25, -0.2) is 9.97 Å². The Labute approximate surface area is 275 Å². The van der Waals surface area contributed by atoms with Crippen molar-refractivity contribution in [1.29, 1.82) is 0 Å². The molecule has 46 heavy (non-hydrogen) atoms. The second-order valence-corrected chi connectivity index (χ2v) is 11.3. The summed E-state index contributed by atoms with van der Waals surface area (Å²) in [5.74, 6) is 0. The van der Waals surface area contributed by atoms with E-state index in [9.17, 15) is 0 Å². The van der Waals surface area contributed by atoms with E-state index in [-0.39, 0.29) is 0 Å². The summed E-state index contributed by atoms with van der Waals surface area (Å²) in [4.78, 5) is 10.6. The minimum absolute atomic E-state index is 0.839. The number of hydrogen-bond donors (Lipinski definition) is 0. The van der Waals surface area contributed by atoms with E-state index in [1.807, 2.05) is 0 Å². The Kier molecular flexibility index (Phi) is 11.4. The first-order chi connectivity index (χ1) is 22.6. The molecule has 0 spiro atoms. The third-order valence-electron chi connectivity index (χ3n) is 8.43. The topological polar surface area (TPSA) is 25.8 Å². The first kappa shape index (κ1) is 32.3. The van der Waals surface area contributed by atoms with Crippen LogP contribution >= 0.6 is 0 Å². The molecule has 0 saturated carbocycles. The third-order valence-corrected chi connectivity index (χ3v) is 8.43. The largest absolute Gasteiger partial charge is 0.245 e. The van der Waals surface area contributed by atoms with E-state index in [1.54, 1.807) is 0 Å². The van der Waals surface area contributed by atoms with Gasteiger partial charge in [0.1, 0.15) is 0 Å². The molecule has 0 bridgehead atoms. The summed E-state index contributed by atoms with van der Waals surface area (Å²) >= 11 is 0. The van der Waals surface area contributed by atoms with Gasteiger partial charge < -0.3 is 0 Å². The predicted octanol–water partition coefficient (Wildman–Crippen LogP) is 11.4. The van der Waals surface area contributed by atoms with Gasteiger partial charge in [-0.1, -0.05) is 149 Å². The molecule has 2 heteroatoms. The fourth-order valence-electron chi connectivity index (χ4n) is 5.73. The van der Waals surface area contributed by atoms with E-state index in [4.69, 9.17) is 9.97 Å². The first-order valence-electron chi connectivity index (χ1n) is 16.6. The highest BCUT2D eigenvalue weighted by molar-refractivity contribution is 5.82. The number of benzene rings is 4. The van der Waals surface area contributed by atoms with Crippen LogP contribution in [0.2, 0.25) is 0 Å². The molecule has 0 saturated heterocycles. The van der Waals surface area contributed by atoms with Gasteiger partial charge in [-0.2, -0.15) is 0 Å². The van der Waals surface area contributed by atoms with E-state index in [2.05, 4.69) is 173 Å². The molecule has 0 N–H and O–H groups in total. The van der Waals surface area contributed by atoms with Gasteiger partial charge in [0.2, 0.25) is 0 Å². The monoisotopic (exact) mass is 600 g/mol. The van der Waals surface area contributed by atoms with Crippen molar-refractivity contribution in [2.75, 3.05) is 0 Å². The summed E-state index contributed by atoms with van der Waals surface area (Å²) in [6.07, 6.45) is 21.0. The van der Waals surface area contributed by atoms with Crippen molar-refractivity contribution < 1.29 is 0 Å². The minimum atomic E-state index is 0.839.